The maximum absolute atomic E-state index is 12.4. The number of nitrogens with one attached hydrogen (secondary N) is 1. The van der Waals surface area contributed by atoms with Crippen LogP contribution in [0, 0.1) is 6.92 Å². The highest BCUT2D eigenvalue weighted by Crippen LogP contribution is 2.25. The van der Waals surface area contributed by atoms with E-state index in [4.69, 9.17) is 16.3 Å². The van der Waals surface area contributed by atoms with Gasteiger partial charge in [0.05, 0.1) is 0 Å². The summed E-state index contributed by atoms with van der Waals surface area (Å²) in [5.41, 5.74) is 2.84. The lowest BCUT2D eigenvalue weighted by molar-refractivity contribution is -0.122. The average molecular weight is 332 g/mol. The minimum absolute atomic E-state index is 0.174. The molecule has 3 nitrogen and oxygen atoms in total. The van der Waals surface area contributed by atoms with Crippen molar-refractivity contribution in [1.82, 2.24) is 0 Å². The number of hydrogen-bond acceptors (Lipinski definition) is 2. The van der Waals surface area contributed by atoms with Gasteiger partial charge in [-0.2, -0.15) is 0 Å². The van der Waals surface area contributed by atoms with E-state index in [1.165, 1.54) is 0 Å². The minimum atomic E-state index is -0.602. The predicted molar refractivity (Wildman–Crippen MR) is 95.4 cm³/mol. The van der Waals surface area contributed by atoms with Crippen molar-refractivity contribution < 1.29 is 9.53 Å². The SMILES string of the molecule is Cc1cc(Cl)ccc1O[C@@H](C)C(=O)Nc1ccccc1C(C)C. The quantitative estimate of drug-likeness (QED) is 0.820. The van der Waals surface area contributed by atoms with E-state index in [1.54, 1.807) is 19.1 Å². The lowest BCUT2D eigenvalue weighted by Gasteiger charge is -2.18. The molecule has 0 aliphatic rings. The van der Waals surface area contributed by atoms with E-state index in [9.17, 15) is 4.79 Å². The van der Waals surface area contributed by atoms with Crippen molar-refractivity contribution in [1.29, 1.82) is 0 Å². The fraction of sp³-hybridized carbons (Fsp3) is 0.316. The number of carbonyl (C=O) groups is 1. The van der Waals surface area contributed by atoms with Gasteiger partial charge in [0.15, 0.2) is 6.10 Å². The molecular formula is C19H22ClNO2. The van der Waals surface area contributed by atoms with Gasteiger partial charge in [-0.15, -0.1) is 0 Å². The normalized spacial score (nSPS) is 12.1. The van der Waals surface area contributed by atoms with Gasteiger partial charge in [-0.1, -0.05) is 43.6 Å². The molecule has 0 aliphatic heterocycles. The van der Waals surface area contributed by atoms with E-state index < -0.39 is 6.10 Å². The van der Waals surface area contributed by atoms with Gasteiger partial charge in [0.2, 0.25) is 0 Å². The van der Waals surface area contributed by atoms with E-state index >= 15 is 0 Å². The van der Waals surface area contributed by atoms with Crippen molar-refractivity contribution in [2.24, 2.45) is 0 Å². The third kappa shape index (κ3) is 4.49. The van der Waals surface area contributed by atoms with E-state index in [0.29, 0.717) is 16.7 Å². The summed E-state index contributed by atoms with van der Waals surface area (Å²) in [5, 5.41) is 3.60. The van der Waals surface area contributed by atoms with Crippen LogP contribution in [0.2, 0.25) is 5.02 Å². The van der Waals surface area contributed by atoms with Crippen LogP contribution in [-0.2, 0) is 4.79 Å². The molecule has 2 aromatic rings. The summed E-state index contributed by atoms with van der Waals surface area (Å²) in [7, 11) is 0. The number of halogens is 1. The lowest BCUT2D eigenvalue weighted by atomic mass is 10.0. The minimum Gasteiger partial charge on any atom is -0.481 e. The Morgan fingerprint density at radius 3 is 2.48 bits per heavy atom. The van der Waals surface area contributed by atoms with Crippen LogP contribution in [-0.4, -0.2) is 12.0 Å². The Kier molecular flexibility index (Phi) is 5.67. The van der Waals surface area contributed by atoms with Crippen LogP contribution in [0.5, 0.6) is 5.75 Å². The summed E-state index contributed by atoms with van der Waals surface area (Å²) >= 11 is 5.94. The monoisotopic (exact) mass is 331 g/mol. The molecule has 23 heavy (non-hydrogen) atoms. The number of ether oxygens (including phenoxy) is 1. The Hall–Kier alpha value is -2.00. The molecule has 0 bridgehead atoms. The molecule has 122 valence electrons. The number of benzene rings is 2. The largest absolute Gasteiger partial charge is 0.481 e. The lowest BCUT2D eigenvalue weighted by Crippen LogP contribution is -2.30. The molecule has 1 atom stereocenters. The van der Waals surface area contributed by atoms with Crippen molar-refractivity contribution in [2.75, 3.05) is 5.32 Å². The first kappa shape index (κ1) is 17.4. The van der Waals surface area contributed by atoms with Crippen molar-refractivity contribution in [3.63, 3.8) is 0 Å². The van der Waals surface area contributed by atoms with Crippen molar-refractivity contribution in [3.8, 4) is 5.75 Å². The van der Waals surface area contributed by atoms with Crippen molar-refractivity contribution >= 4 is 23.2 Å². The smallest absolute Gasteiger partial charge is 0.265 e. The second kappa shape index (κ2) is 7.51. The predicted octanol–water partition coefficient (Wildman–Crippen LogP) is 5.18. The highest BCUT2D eigenvalue weighted by Gasteiger charge is 2.17. The molecule has 1 amide bonds. The van der Waals surface area contributed by atoms with Gasteiger partial charge >= 0.3 is 0 Å². The zero-order valence-corrected chi connectivity index (χ0v) is 14.6. The fourth-order valence-corrected chi connectivity index (χ4v) is 2.56. The Labute approximate surface area is 142 Å². The molecule has 1 N–H and O–H groups in total. The second-order valence-corrected chi connectivity index (χ2v) is 6.34. The highest BCUT2D eigenvalue weighted by molar-refractivity contribution is 6.30. The maximum Gasteiger partial charge on any atom is 0.265 e. The highest BCUT2D eigenvalue weighted by atomic mass is 35.5. The van der Waals surface area contributed by atoms with E-state index in [0.717, 1.165) is 16.8 Å². The van der Waals surface area contributed by atoms with Gasteiger partial charge in [0, 0.05) is 10.7 Å². The summed E-state index contributed by atoms with van der Waals surface area (Å²) in [6.07, 6.45) is -0.602. The molecule has 0 aliphatic carbocycles. The maximum atomic E-state index is 12.4. The number of amides is 1. The first-order chi connectivity index (χ1) is 10.9. The van der Waals surface area contributed by atoms with Crippen LogP contribution >= 0.6 is 11.6 Å². The molecule has 0 fully saturated rings. The van der Waals surface area contributed by atoms with Crippen LogP contribution in [0.4, 0.5) is 5.69 Å². The average Bonchev–Trinajstić information content (AvgIpc) is 2.50. The van der Waals surface area contributed by atoms with E-state index in [1.807, 2.05) is 37.3 Å². The van der Waals surface area contributed by atoms with Gasteiger partial charge in [-0.3, -0.25) is 4.79 Å². The molecular weight excluding hydrogens is 310 g/mol. The van der Waals surface area contributed by atoms with Crippen LogP contribution in [0.15, 0.2) is 42.5 Å². The Balaban J connectivity index is 2.09. The van der Waals surface area contributed by atoms with E-state index in [2.05, 4.69) is 19.2 Å². The van der Waals surface area contributed by atoms with Crippen molar-refractivity contribution in [2.45, 2.75) is 39.7 Å². The number of anilines is 1. The standard InChI is InChI=1S/C19H22ClNO2/c1-12(2)16-7-5-6-8-17(16)21-19(22)14(4)23-18-10-9-15(20)11-13(18)3/h5-12,14H,1-4H3,(H,21,22)/t14-/m0/s1. The summed E-state index contributed by atoms with van der Waals surface area (Å²) in [4.78, 5) is 12.4. The molecule has 2 aromatic carbocycles. The summed E-state index contributed by atoms with van der Waals surface area (Å²) in [5.74, 6) is 0.822. The summed E-state index contributed by atoms with van der Waals surface area (Å²) in [6.45, 7) is 7.84. The Morgan fingerprint density at radius 1 is 1.13 bits per heavy atom. The molecule has 0 unspecified atom stereocenters. The van der Waals surface area contributed by atoms with Gasteiger partial charge in [0.25, 0.3) is 5.91 Å². The van der Waals surface area contributed by atoms with Crippen LogP contribution < -0.4 is 10.1 Å². The summed E-state index contributed by atoms with van der Waals surface area (Å²) in [6, 6.07) is 13.2. The Bertz CT molecular complexity index is 698. The molecule has 0 saturated carbocycles. The number of aryl methyl sites for hydroxylation is 1. The molecule has 0 heterocycles. The number of carbonyl (C=O) groups excluding carboxylic acids is 1. The fourth-order valence-electron chi connectivity index (χ4n) is 2.34. The van der Waals surface area contributed by atoms with Gasteiger partial charge in [0.1, 0.15) is 5.75 Å². The molecule has 2 rings (SSSR count). The number of rotatable bonds is 5. The Morgan fingerprint density at radius 2 is 1.83 bits per heavy atom. The van der Waals surface area contributed by atoms with Crippen LogP contribution in [0.1, 0.15) is 37.8 Å². The topological polar surface area (TPSA) is 38.3 Å². The first-order valence-electron chi connectivity index (χ1n) is 7.71. The van der Waals surface area contributed by atoms with Gasteiger partial charge < -0.3 is 10.1 Å². The van der Waals surface area contributed by atoms with Gasteiger partial charge in [-0.25, -0.2) is 0 Å². The van der Waals surface area contributed by atoms with Crippen LogP contribution in [0.3, 0.4) is 0 Å². The third-order valence-corrected chi connectivity index (χ3v) is 3.89. The zero-order valence-electron chi connectivity index (χ0n) is 13.9. The third-order valence-electron chi connectivity index (χ3n) is 3.65. The molecule has 0 spiro atoms. The molecule has 4 heteroatoms. The molecule has 0 radical (unpaired) electrons. The van der Waals surface area contributed by atoms with Crippen molar-refractivity contribution in [3.05, 3.63) is 58.6 Å². The molecule has 0 aromatic heterocycles. The van der Waals surface area contributed by atoms with E-state index in [-0.39, 0.29) is 5.91 Å². The number of para-hydroxylation sites is 1. The number of hydrogen-bond donors (Lipinski definition) is 1. The zero-order chi connectivity index (χ0) is 17.0. The molecule has 0 saturated heterocycles. The summed E-state index contributed by atoms with van der Waals surface area (Å²) < 4.78 is 5.76. The van der Waals surface area contributed by atoms with Crippen LogP contribution in [0.25, 0.3) is 0 Å². The van der Waals surface area contributed by atoms with Gasteiger partial charge in [-0.05, 0) is 55.2 Å². The first-order valence-corrected chi connectivity index (χ1v) is 8.09. The second-order valence-electron chi connectivity index (χ2n) is 5.90.